The van der Waals surface area contributed by atoms with Crippen LogP contribution in [0, 0.1) is 0 Å². The number of ether oxygens (including phenoxy) is 2. The van der Waals surface area contributed by atoms with Crippen LogP contribution in [0.25, 0.3) is 10.9 Å². The summed E-state index contributed by atoms with van der Waals surface area (Å²) in [4.78, 5) is 26.1. The van der Waals surface area contributed by atoms with Gasteiger partial charge in [0.15, 0.2) is 6.61 Å². The zero-order valence-corrected chi connectivity index (χ0v) is 14.3. The van der Waals surface area contributed by atoms with Crippen molar-refractivity contribution in [2.75, 3.05) is 31.8 Å². The summed E-state index contributed by atoms with van der Waals surface area (Å²) in [5.74, 6) is 2.65. The van der Waals surface area contributed by atoms with E-state index in [-0.39, 0.29) is 19.1 Å². The van der Waals surface area contributed by atoms with E-state index in [2.05, 4.69) is 15.0 Å². The lowest BCUT2D eigenvalue weighted by molar-refractivity contribution is -0.141. The summed E-state index contributed by atoms with van der Waals surface area (Å²) < 4.78 is 10.2. The summed E-state index contributed by atoms with van der Waals surface area (Å²) >= 11 is 1.96. The topological polar surface area (TPSA) is 80.4 Å². The quantitative estimate of drug-likeness (QED) is 0.781. The molecule has 1 aliphatic rings. The largest absolute Gasteiger partial charge is 0.483 e. The van der Waals surface area contributed by atoms with Crippen molar-refractivity contribution in [1.29, 1.82) is 0 Å². The first-order valence-electron chi connectivity index (χ1n) is 7.83. The van der Waals surface area contributed by atoms with Gasteiger partial charge < -0.3 is 19.8 Å². The van der Waals surface area contributed by atoms with E-state index in [1.165, 1.54) is 18.4 Å². The van der Waals surface area contributed by atoms with E-state index in [4.69, 9.17) is 4.74 Å². The van der Waals surface area contributed by atoms with E-state index in [9.17, 15) is 9.59 Å². The van der Waals surface area contributed by atoms with Crippen molar-refractivity contribution in [3.8, 4) is 5.75 Å². The number of aromatic amines is 1. The predicted molar refractivity (Wildman–Crippen MR) is 93.5 cm³/mol. The molecule has 2 aromatic rings. The third-order valence-corrected chi connectivity index (χ3v) is 5.25. The Bertz CT molecular complexity index is 737. The first-order valence-corrected chi connectivity index (χ1v) is 8.98. The average Bonchev–Trinajstić information content (AvgIpc) is 3.26. The van der Waals surface area contributed by atoms with Crippen LogP contribution in [0.5, 0.6) is 5.75 Å². The van der Waals surface area contributed by atoms with Crippen LogP contribution < -0.4 is 10.1 Å². The van der Waals surface area contributed by atoms with Gasteiger partial charge in [-0.3, -0.25) is 9.59 Å². The number of nitrogens with one attached hydrogen (secondary N) is 2. The predicted octanol–water partition coefficient (Wildman–Crippen LogP) is 2.06. The lowest BCUT2D eigenvalue weighted by Gasteiger charge is -2.12. The Balaban J connectivity index is 1.71. The third kappa shape index (κ3) is 3.67. The first-order chi connectivity index (χ1) is 11.7. The van der Waals surface area contributed by atoms with E-state index in [1.54, 1.807) is 0 Å². The second kappa shape index (κ2) is 7.61. The molecule has 0 aliphatic carbocycles. The van der Waals surface area contributed by atoms with E-state index >= 15 is 0 Å². The number of carbonyl (C=O) groups excluding carboxylic acids is 2. The fourth-order valence-electron chi connectivity index (χ4n) is 2.84. The molecule has 1 atom stereocenters. The highest BCUT2D eigenvalue weighted by atomic mass is 32.2. The SMILES string of the molecule is COC(=O)CNC(=O)COc1cccc2[nH]cc(C3CCSC3)c12. The number of fused-ring (bicyclic) bond motifs is 1. The minimum atomic E-state index is -0.489. The number of esters is 1. The minimum Gasteiger partial charge on any atom is -0.483 e. The molecule has 0 radical (unpaired) electrons. The second-order valence-electron chi connectivity index (χ2n) is 5.62. The molecular weight excluding hydrogens is 328 g/mol. The van der Waals surface area contributed by atoms with Crippen LogP contribution in [0.15, 0.2) is 24.4 Å². The molecule has 1 aromatic carbocycles. The average molecular weight is 348 g/mol. The van der Waals surface area contributed by atoms with Gasteiger partial charge in [0.25, 0.3) is 5.91 Å². The zero-order chi connectivity index (χ0) is 16.9. The third-order valence-electron chi connectivity index (χ3n) is 4.08. The molecule has 1 aliphatic heterocycles. The summed E-state index contributed by atoms with van der Waals surface area (Å²) in [5, 5.41) is 3.51. The first kappa shape index (κ1) is 16.7. The van der Waals surface area contributed by atoms with Crippen LogP contribution in [0.3, 0.4) is 0 Å². The Labute approximate surface area is 144 Å². The molecule has 1 unspecified atom stereocenters. The number of rotatable bonds is 6. The molecule has 3 rings (SSSR count). The number of aromatic nitrogens is 1. The van der Waals surface area contributed by atoms with Gasteiger partial charge in [-0.25, -0.2) is 0 Å². The van der Waals surface area contributed by atoms with Crippen LogP contribution in [-0.2, 0) is 14.3 Å². The van der Waals surface area contributed by atoms with Crippen LogP contribution in [0.1, 0.15) is 17.9 Å². The standard InChI is InChI=1S/C17H20N2O4S/c1-22-16(21)8-19-15(20)9-23-14-4-2-3-13-17(14)12(7-18-13)11-5-6-24-10-11/h2-4,7,11,18H,5-6,8-10H2,1H3,(H,19,20). The van der Waals surface area contributed by atoms with Crippen LogP contribution in [0.4, 0.5) is 0 Å². The van der Waals surface area contributed by atoms with Gasteiger partial charge in [0.2, 0.25) is 0 Å². The molecule has 7 heteroatoms. The van der Waals surface area contributed by atoms with Crippen molar-refractivity contribution < 1.29 is 19.1 Å². The van der Waals surface area contributed by atoms with Gasteiger partial charge in [0.05, 0.1) is 7.11 Å². The Kier molecular flexibility index (Phi) is 5.30. The maximum atomic E-state index is 11.8. The zero-order valence-electron chi connectivity index (χ0n) is 13.5. The smallest absolute Gasteiger partial charge is 0.325 e. The molecule has 6 nitrogen and oxygen atoms in total. The summed E-state index contributed by atoms with van der Waals surface area (Å²) in [7, 11) is 1.28. The van der Waals surface area contributed by atoms with Crippen molar-refractivity contribution in [2.45, 2.75) is 12.3 Å². The molecule has 2 N–H and O–H groups in total. The van der Waals surface area contributed by atoms with E-state index in [0.29, 0.717) is 11.7 Å². The molecule has 2 heterocycles. The van der Waals surface area contributed by atoms with Gasteiger partial charge in [0, 0.05) is 22.9 Å². The maximum absolute atomic E-state index is 11.8. The van der Waals surface area contributed by atoms with Crippen LogP contribution in [-0.4, -0.2) is 48.6 Å². The summed E-state index contributed by atoms with van der Waals surface area (Å²) in [6, 6.07) is 5.77. The van der Waals surface area contributed by atoms with Crippen molar-refractivity contribution in [2.24, 2.45) is 0 Å². The molecule has 1 fully saturated rings. The minimum absolute atomic E-state index is 0.139. The summed E-state index contributed by atoms with van der Waals surface area (Å²) in [6.45, 7) is -0.294. The Morgan fingerprint density at radius 1 is 1.42 bits per heavy atom. The van der Waals surface area contributed by atoms with Gasteiger partial charge in [-0.2, -0.15) is 11.8 Å². The number of amides is 1. The van der Waals surface area contributed by atoms with Crippen molar-refractivity contribution >= 4 is 34.5 Å². The number of carbonyl (C=O) groups is 2. The molecule has 128 valence electrons. The number of H-pyrrole nitrogens is 1. The van der Waals surface area contributed by atoms with Gasteiger partial charge in [0.1, 0.15) is 12.3 Å². The number of hydrogen-bond acceptors (Lipinski definition) is 5. The number of hydrogen-bond donors (Lipinski definition) is 2. The van der Waals surface area contributed by atoms with Crippen molar-refractivity contribution in [3.05, 3.63) is 30.0 Å². The van der Waals surface area contributed by atoms with Crippen LogP contribution >= 0.6 is 11.8 Å². The lowest BCUT2D eigenvalue weighted by Crippen LogP contribution is -2.33. The van der Waals surface area contributed by atoms with Crippen molar-refractivity contribution in [3.63, 3.8) is 0 Å². The highest BCUT2D eigenvalue weighted by Gasteiger charge is 2.22. The summed E-state index contributed by atoms with van der Waals surface area (Å²) in [6.07, 6.45) is 3.21. The maximum Gasteiger partial charge on any atom is 0.325 e. The van der Waals surface area contributed by atoms with Gasteiger partial charge in [-0.1, -0.05) is 6.07 Å². The fourth-order valence-corrected chi connectivity index (χ4v) is 4.08. The van der Waals surface area contributed by atoms with E-state index < -0.39 is 5.97 Å². The molecule has 0 spiro atoms. The van der Waals surface area contributed by atoms with Crippen LogP contribution in [0.2, 0.25) is 0 Å². The Hall–Kier alpha value is -2.15. The molecule has 24 heavy (non-hydrogen) atoms. The monoisotopic (exact) mass is 348 g/mol. The molecule has 1 saturated heterocycles. The Morgan fingerprint density at radius 3 is 3.04 bits per heavy atom. The normalized spacial score (nSPS) is 17.0. The van der Waals surface area contributed by atoms with E-state index in [1.807, 2.05) is 36.2 Å². The number of methoxy groups -OCH3 is 1. The highest BCUT2D eigenvalue weighted by Crippen LogP contribution is 2.39. The van der Waals surface area contributed by atoms with Gasteiger partial charge in [-0.15, -0.1) is 0 Å². The number of benzene rings is 1. The van der Waals surface area contributed by atoms with Gasteiger partial charge >= 0.3 is 5.97 Å². The summed E-state index contributed by atoms with van der Waals surface area (Å²) in [5.41, 5.74) is 2.26. The molecule has 1 amide bonds. The van der Waals surface area contributed by atoms with E-state index in [0.717, 1.165) is 23.1 Å². The van der Waals surface area contributed by atoms with Gasteiger partial charge in [-0.05, 0) is 35.8 Å². The number of thioether (sulfide) groups is 1. The molecule has 0 bridgehead atoms. The fraction of sp³-hybridized carbons (Fsp3) is 0.412. The molecular formula is C17H20N2O4S. The molecule has 1 aromatic heterocycles. The molecule has 0 saturated carbocycles. The second-order valence-corrected chi connectivity index (χ2v) is 6.77. The lowest BCUT2D eigenvalue weighted by atomic mass is 9.98. The van der Waals surface area contributed by atoms with Crippen molar-refractivity contribution in [1.82, 2.24) is 10.3 Å². The highest BCUT2D eigenvalue weighted by molar-refractivity contribution is 7.99. The Morgan fingerprint density at radius 2 is 2.29 bits per heavy atom.